The molecule has 5 nitrogen and oxygen atoms in total. The normalized spacial score (nSPS) is 13.3. The minimum absolute atomic E-state index is 0.224. The molecule has 0 spiro atoms. The summed E-state index contributed by atoms with van der Waals surface area (Å²) in [5.41, 5.74) is 2.11. The van der Waals surface area contributed by atoms with Crippen LogP contribution in [0.3, 0.4) is 0 Å². The summed E-state index contributed by atoms with van der Waals surface area (Å²) in [6.45, 7) is 1.53. The Morgan fingerprint density at radius 2 is 2.05 bits per heavy atom. The third-order valence-electron chi connectivity index (χ3n) is 3.38. The number of benzene rings is 1. The van der Waals surface area contributed by atoms with Crippen molar-refractivity contribution in [3.05, 3.63) is 52.5 Å². The van der Waals surface area contributed by atoms with Crippen LogP contribution in [0, 0.1) is 0 Å². The lowest BCUT2D eigenvalue weighted by Crippen LogP contribution is -2.53. The zero-order valence-corrected chi connectivity index (χ0v) is 13.1. The van der Waals surface area contributed by atoms with Crippen molar-refractivity contribution in [3.8, 4) is 0 Å². The third kappa shape index (κ3) is 4.39. The van der Waals surface area contributed by atoms with E-state index in [0.717, 1.165) is 11.3 Å². The summed E-state index contributed by atoms with van der Waals surface area (Å²) in [7, 11) is 0. The Hall–Kier alpha value is -2.21. The molecule has 0 radical (unpaired) electrons. The minimum Gasteiger partial charge on any atom is -0.480 e. The number of aryl methyl sites for hydroxylation is 1. The molecule has 1 heterocycles. The summed E-state index contributed by atoms with van der Waals surface area (Å²) in [5, 5.41) is 14.0. The van der Waals surface area contributed by atoms with E-state index < -0.39 is 11.5 Å². The van der Waals surface area contributed by atoms with E-state index in [4.69, 9.17) is 0 Å². The molecule has 2 rings (SSSR count). The predicted octanol–water partition coefficient (Wildman–Crippen LogP) is 2.28. The molecule has 2 N–H and O–H groups in total. The van der Waals surface area contributed by atoms with Crippen molar-refractivity contribution in [1.82, 2.24) is 10.3 Å². The molecule has 0 unspecified atom stereocenters. The summed E-state index contributed by atoms with van der Waals surface area (Å²) in [5.74, 6) is -1.33. The molecular weight excluding hydrogens is 300 g/mol. The van der Waals surface area contributed by atoms with Crippen LogP contribution < -0.4 is 5.32 Å². The average Bonchev–Trinajstić information content (AvgIpc) is 2.99. The molecule has 1 aromatic carbocycles. The second-order valence-electron chi connectivity index (χ2n) is 5.33. The number of aromatic nitrogens is 1. The lowest BCUT2D eigenvalue weighted by molar-refractivity contribution is -0.146. The van der Waals surface area contributed by atoms with Gasteiger partial charge >= 0.3 is 5.97 Å². The SMILES string of the molecule is C[C@](Cc1ccccc1)(NC(=O)CCc1cscn1)C(=O)O. The van der Waals surface area contributed by atoms with Gasteiger partial charge in [-0.3, -0.25) is 4.79 Å². The van der Waals surface area contributed by atoms with E-state index >= 15 is 0 Å². The Kier molecular flexibility index (Phi) is 5.27. The number of rotatable bonds is 7. The molecule has 0 aliphatic rings. The van der Waals surface area contributed by atoms with Gasteiger partial charge < -0.3 is 10.4 Å². The summed E-state index contributed by atoms with van der Waals surface area (Å²) in [6.07, 6.45) is 0.976. The Bertz CT molecular complexity index is 628. The van der Waals surface area contributed by atoms with Crippen LogP contribution in [0.1, 0.15) is 24.6 Å². The summed E-state index contributed by atoms with van der Waals surface area (Å²) < 4.78 is 0. The molecule has 0 aliphatic carbocycles. The second kappa shape index (κ2) is 7.17. The van der Waals surface area contributed by atoms with Crippen molar-refractivity contribution in [2.75, 3.05) is 0 Å². The zero-order chi connectivity index (χ0) is 16.0. The predicted molar refractivity (Wildman–Crippen MR) is 84.8 cm³/mol. The largest absolute Gasteiger partial charge is 0.480 e. The van der Waals surface area contributed by atoms with Crippen LogP contribution >= 0.6 is 11.3 Å². The van der Waals surface area contributed by atoms with Crippen LogP contribution in [0.5, 0.6) is 0 Å². The van der Waals surface area contributed by atoms with Crippen LogP contribution in [-0.2, 0) is 22.4 Å². The number of thiazole rings is 1. The molecule has 1 aromatic heterocycles. The summed E-state index contributed by atoms with van der Waals surface area (Å²) in [6, 6.07) is 9.27. The van der Waals surface area contributed by atoms with Crippen molar-refractivity contribution in [3.63, 3.8) is 0 Å². The molecule has 1 atom stereocenters. The molecule has 22 heavy (non-hydrogen) atoms. The van der Waals surface area contributed by atoms with Crippen molar-refractivity contribution >= 4 is 23.2 Å². The molecule has 0 fully saturated rings. The highest BCUT2D eigenvalue weighted by Crippen LogP contribution is 2.14. The van der Waals surface area contributed by atoms with Crippen molar-refractivity contribution in [2.45, 2.75) is 31.7 Å². The van der Waals surface area contributed by atoms with Gasteiger partial charge in [-0.15, -0.1) is 11.3 Å². The lowest BCUT2D eigenvalue weighted by Gasteiger charge is -2.26. The Morgan fingerprint density at radius 1 is 1.32 bits per heavy atom. The maximum atomic E-state index is 12.0. The van der Waals surface area contributed by atoms with Gasteiger partial charge in [0.05, 0.1) is 11.2 Å². The maximum Gasteiger partial charge on any atom is 0.329 e. The average molecular weight is 318 g/mol. The zero-order valence-electron chi connectivity index (χ0n) is 12.3. The van der Waals surface area contributed by atoms with E-state index in [1.165, 1.54) is 18.3 Å². The molecular formula is C16H18N2O3S. The van der Waals surface area contributed by atoms with Gasteiger partial charge in [-0.2, -0.15) is 0 Å². The lowest BCUT2D eigenvalue weighted by atomic mass is 9.92. The topological polar surface area (TPSA) is 79.3 Å². The van der Waals surface area contributed by atoms with E-state index in [9.17, 15) is 14.7 Å². The number of carboxylic acids is 1. The van der Waals surface area contributed by atoms with Crippen molar-refractivity contribution < 1.29 is 14.7 Å². The van der Waals surface area contributed by atoms with Crippen LogP contribution in [0.25, 0.3) is 0 Å². The van der Waals surface area contributed by atoms with Crippen molar-refractivity contribution in [1.29, 1.82) is 0 Å². The van der Waals surface area contributed by atoms with Crippen LogP contribution in [0.4, 0.5) is 0 Å². The van der Waals surface area contributed by atoms with Crippen LogP contribution in [-0.4, -0.2) is 27.5 Å². The van der Waals surface area contributed by atoms with Crippen LogP contribution in [0.2, 0.25) is 0 Å². The van der Waals surface area contributed by atoms with Gasteiger partial charge in [-0.1, -0.05) is 30.3 Å². The van der Waals surface area contributed by atoms with Crippen LogP contribution in [0.15, 0.2) is 41.2 Å². The fourth-order valence-corrected chi connectivity index (χ4v) is 2.74. The van der Waals surface area contributed by atoms with Gasteiger partial charge in [-0.25, -0.2) is 9.78 Å². The van der Waals surface area contributed by atoms with Gasteiger partial charge in [0, 0.05) is 18.2 Å². The van der Waals surface area contributed by atoms with E-state index in [1.807, 2.05) is 35.7 Å². The molecule has 0 saturated heterocycles. The standard InChI is InChI=1S/C16H18N2O3S/c1-16(15(20)21,9-12-5-3-2-4-6-12)18-14(19)8-7-13-10-22-11-17-13/h2-6,10-11H,7-9H2,1H3,(H,18,19)(H,20,21)/t16-/m1/s1. The first kappa shape index (κ1) is 16.2. The number of amides is 1. The Morgan fingerprint density at radius 3 is 2.64 bits per heavy atom. The number of nitrogens with one attached hydrogen (secondary N) is 1. The Balaban J connectivity index is 1.98. The highest BCUT2D eigenvalue weighted by Gasteiger charge is 2.34. The number of nitrogens with zero attached hydrogens (tertiary/aromatic N) is 1. The summed E-state index contributed by atoms with van der Waals surface area (Å²) in [4.78, 5) is 27.7. The molecule has 1 amide bonds. The molecule has 0 aliphatic heterocycles. The fraction of sp³-hybridized carbons (Fsp3) is 0.312. The van der Waals surface area contributed by atoms with Crippen molar-refractivity contribution in [2.24, 2.45) is 0 Å². The number of carboxylic acid groups (broad SMARTS) is 1. The molecule has 6 heteroatoms. The highest BCUT2D eigenvalue weighted by molar-refractivity contribution is 7.07. The van der Waals surface area contributed by atoms with E-state index in [-0.39, 0.29) is 18.7 Å². The Labute approximate surface area is 133 Å². The molecule has 2 aromatic rings. The number of carbonyl (C=O) groups excluding carboxylic acids is 1. The smallest absolute Gasteiger partial charge is 0.329 e. The fourth-order valence-electron chi connectivity index (χ4n) is 2.15. The third-order valence-corrected chi connectivity index (χ3v) is 4.01. The first-order valence-corrected chi connectivity index (χ1v) is 7.89. The van der Waals surface area contributed by atoms with Gasteiger partial charge in [0.2, 0.25) is 5.91 Å². The molecule has 0 bridgehead atoms. The first-order valence-electron chi connectivity index (χ1n) is 6.95. The molecule has 116 valence electrons. The quantitative estimate of drug-likeness (QED) is 0.821. The maximum absolute atomic E-state index is 12.0. The van der Waals surface area contributed by atoms with E-state index in [0.29, 0.717) is 6.42 Å². The number of aliphatic carboxylic acids is 1. The van der Waals surface area contributed by atoms with E-state index in [1.54, 1.807) is 5.51 Å². The monoisotopic (exact) mass is 318 g/mol. The van der Waals surface area contributed by atoms with Gasteiger partial charge in [0.25, 0.3) is 0 Å². The summed E-state index contributed by atoms with van der Waals surface area (Å²) >= 11 is 1.47. The van der Waals surface area contributed by atoms with E-state index in [2.05, 4.69) is 10.3 Å². The number of carbonyl (C=O) groups is 2. The van der Waals surface area contributed by atoms with Gasteiger partial charge in [0.15, 0.2) is 0 Å². The number of hydrogen-bond donors (Lipinski definition) is 2. The second-order valence-corrected chi connectivity index (χ2v) is 6.05. The van der Waals surface area contributed by atoms with Gasteiger partial charge in [-0.05, 0) is 18.9 Å². The minimum atomic E-state index is -1.32. The molecule has 0 saturated carbocycles. The highest BCUT2D eigenvalue weighted by atomic mass is 32.1. The first-order chi connectivity index (χ1) is 10.5. The number of hydrogen-bond acceptors (Lipinski definition) is 4. The van der Waals surface area contributed by atoms with Gasteiger partial charge in [0.1, 0.15) is 5.54 Å².